The van der Waals surface area contributed by atoms with Gasteiger partial charge < -0.3 is 16.0 Å². The van der Waals surface area contributed by atoms with Crippen molar-refractivity contribution in [1.82, 2.24) is 10.2 Å². The number of nitrogens with zero attached hydrogens (tertiary/aromatic N) is 1. The second kappa shape index (κ2) is 5.84. The summed E-state index contributed by atoms with van der Waals surface area (Å²) in [6, 6.07) is -0.989. The average molecular weight is 227 g/mol. The van der Waals surface area contributed by atoms with Crippen LogP contribution in [0.3, 0.4) is 0 Å². The molecule has 2 amide bonds. The molecule has 0 aromatic carbocycles. The number of hydrogen-bond acceptors (Lipinski definition) is 3. The van der Waals surface area contributed by atoms with E-state index in [0.717, 1.165) is 25.9 Å². The first-order valence-corrected chi connectivity index (χ1v) is 5.91. The maximum atomic E-state index is 11.9. The monoisotopic (exact) mass is 227 g/mol. The molecule has 0 spiro atoms. The lowest BCUT2D eigenvalue weighted by Gasteiger charge is -2.22. The first-order chi connectivity index (χ1) is 7.56. The summed E-state index contributed by atoms with van der Waals surface area (Å²) in [5, 5.41) is 2.65. The molecule has 3 N–H and O–H groups in total. The second-order valence-corrected chi connectivity index (χ2v) is 4.28. The molecule has 0 radical (unpaired) electrons. The number of likely N-dealkylation sites (tertiary alicyclic amines) is 1. The molecule has 5 heteroatoms. The van der Waals surface area contributed by atoms with Gasteiger partial charge in [0.05, 0.1) is 6.04 Å². The van der Waals surface area contributed by atoms with Gasteiger partial charge in [-0.25, -0.2) is 0 Å². The summed E-state index contributed by atoms with van der Waals surface area (Å²) < 4.78 is 0. The minimum absolute atomic E-state index is 0.00541. The zero-order valence-corrected chi connectivity index (χ0v) is 10.0. The van der Waals surface area contributed by atoms with Gasteiger partial charge >= 0.3 is 0 Å². The molecule has 1 fully saturated rings. The molecular weight excluding hydrogens is 206 g/mol. The molecule has 16 heavy (non-hydrogen) atoms. The Balaban J connectivity index is 2.41. The van der Waals surface area contributed by atoms with Crippen LogP contribution in [-0.4, -0.2) is 41.9 Å². The maximum absolute atomic E-state index is 11.9. The van der Waals surface area contributed by atoms with E-state index in [2.05, 4.69) is 5.32 Å². The lowest BCUT2D eigenvalue weighted by molar-refractivity contribution is -0.135. The van der Waals surface area contributed by atoms with Crippen molar-refractivity contribution in [3.05, 3.63) is 0 Å². The zero-order chi connectivity index (χ0) is 12.1. The molecule has 1 saturated heterocycles. The van der Waals surface area contributed by atoms with E-state index in [-0.39, 0.29) is 11.8 Å². The summed E-state index contributed by atoms with van der Waals surface area (Å²) in [5.74, 6) is -0.253. The summed E-state index contributed by atoms with van der Waals surface area (Å²) in [5.41, 5.74) is 5.58. The largest absolute Gasteiger partial charge is 0.343 e. The Kier molecular flexibility index (Phi) is 4.73. The number of nitrogens with two attached hydrogens (primary N) is 1. The fourth-order valence-electron chi connectivity index (χ4n) is 1.78. The van der Waals surface area contributed by atoms with Crippen molar-refractivity contribution in [3.8, 4) is 0 Å². The lowest BCUT2D eigenvalue weighted by Crippen LogP contribution is -2.50. The summed E-state index contributed by atoms with van der Waals surface area (Å²) >= 11 is 0. The van der Waals surface area contributed by atoms with Gasteiger partial charge in [0, 0.05) is 13.1 Å². The Morgan fingerprint density at radius 1 is 1.38 bits per heavy atom. The number of nitrogens with one attached hydrogen (secondary N) is 1. The number of hydrogen-bond donors (Lipinski definition) is 2. The molecule has 0 aromatic rings. The van der Waals surface area contributed by atoms with Crippen LogP contribution in [0.5, 0.6) is 0 Å². The topological polar surface area (TPSA) is 75.4 Å². The highest BCUT2D eigenvalue weighted by atomic mass is 16.2. The molecule has 0 bridgehead atoms. The van der Waals surface area contributed by atoms with Crippen LogP contribution in [0.4, 0.5) is 0 Å². The van der Waals surface area contributed by atoms with E-state index in [4.69, 9.17) is 5.73 Å². The van der Waals surface area contributed by atoms with Crippen molar-refractivity contribution in [2.24, 2.45) is 5.73 Å². The molecular formula is C11H21N3O2. The highest BCUT2D eigenvalue weighted by Crippen LogP contribution is 2.08. The Morgan fingerprint density at radius 2 is 1.94 bits per heavy atom. The third-order valence-corrected chi connectivity index (χ3v) is 2.92. The van der Waals surface area contributed by atoms with E-state index < -0.39 is 12.1 Å². The van der Waals surface area contributed by atoms with Gasteiger partial charge in [-0.3, -0.25) is 9.59 Å². The van der Waals surface area contributed by atoms with E-state index >= 15 is 0 Å². The average Bonchev–Trinajstić information content (AvgIpc) is 2.79. The SMILES string of the molecule is CC[C@H](N)C(=O)NC(C)C(=O)N1CCCC1. The van der Waals surface area contributed by atoms with Crippen LogP contribution in [-0.2, 0) is 9.59 Å². The van der Waals surface area contributed by atoms with Crippen molar-refractivity contribution < 1.29 is 9.59 Å². The van der Waals surface area contributed by atoms with Gasteiger partial charge in [-0.2, -0.15) is 0 Å². The molecule has 1 aliphatic rings. The molecule has 0 aliphatic carbocycles. The van der Waals surface area contributed by atoms with Gasteiger partial charge in [-0.15, -0.1) is 0 Å². The smallest absolute Gasteiger partial charge is 0.244 e. The summed E-state index contributed by atoms with van der Waals surface area (Å²) in [4.78, 5) is 25.2. The van der Waals surface area contributed by atoms with Crippen LogP contribution < -0.4 is 11.1 Å². The number of rotatable bonds is 4. The maximum Gasteiger partial charge on any atom is 0.244 e. The molecule has 1 unspecified atom stereocenters. The molecule has 1 aliphatic heterocycles. The molecule has 5 nitrogen and oxygen atoms in total. The first kappa shape index (κ1) is 13.0. The van der Waals surface area contributed by atoms with Crippen molar-refractivity contribution in [2.45, 2.75) is 45.2 Å². The van der Waals surface area contributed by atoms with Gasteiger partial charge in [0.25, 0.3) is 0 Å². The van der Waals surface area contributed by atoms with Crippen molar-refractivity contribution >= 4 is 11.8 Å². The van der Waals surface area contributed by atoms with Gasteiger partial charge in [-0.05, 0) is 26.2 Å². The number of carbonyl (C=O) groups is 2. The Labute approximate surface area is 96.4 Å². The summed E-state index contributed by atoms with van der Waals surface area (Å²) in [6.07, 6.45) is 2.69. The zero-order valence-electron chi connectivity index (χ0n) is 10.0. The predicted octanol–water partition coefficient (Wildman–Crippen LogP) is -0.149. The normalized spacial score (nSPS) is 19.3. The van der Waals surface area contributed by atoms with E-state index in [9.17, 15) is 9.59 Å². The highest BCUT2D eigenvalue weighted by Gasteiger charge is 2.25. The quantitative estimate of drug-likeness (QED) is 0.701. The van der Waals surface area contributed by atoms with Crippen molar-refractivity contribution in [1.29, 1.82) is 0 Å². The molecule has 0 aromatic heterocycles. The van der Waals surface area contributed by atoms with E-state index in [1.54, 1.807) is 11.8 Å². The van der Waals surface area contributed by atoms with Gasteiger partial charge in [-0.1, -0.05) is 6.92 Å². The predicted molar refractivity (Wildman–Crippen MR) is 61.7 cm³/mol. The second-order valence-electron chi connectivity index (χ2n) is 4.28. The molecule has 1 heterocycles. The van der Waals surface area contributed by atoms with Crippen LogP contribution in [0.15, 0.2) is 0 Å². The van der Waals surface area contributed by atoms with Crippen molar-refractivity contribution in [3.63, 3.8) is 0 Å². The van der Waals surface area contributed by atoms with Gasteiger partial charge in [0.1, 0.15) is 6.04 Å². The third-order valence-electron chi connectivity index (χ3n) is 2.92. The number of amides is 2. The first-order valence-electron chi connectivity index (χ1n) is 5.91. The molecule has 1 rings (SSSR count). The standard InChI is InChI=1S/C11H21N3O2/c1-3-9(12)10(15)13-8(2)11(16)14-6-4-5-7-14/h8-9H,3-7,12H2,1-2H3,(H,13,15)/t8?,9-/m0/s1. The summed E-state index contributed by atoms with van der Waals surface area (Å²) in [7, 11) is 0. The van der Waals surface area contributed by atoms with Crippen LogP contribution >= 0.6 is 0 Å². The minimum atomic E-state index is -0.520. The minimum Gasteiger partial charge on any atom is -0.343 e. The van der Waals surface area contributed by atoms with Crippen LogP contribution in [0.1, 0.15) is 33.1 Å². The molecule has 92 valence electrons. The van der Waals surface area contributed by atoms with E-state index in [1.807, 2.05) is 6.92 Å². The fraction of sp³-hybridized carbons (Fsp3) is 0.818. The van der Waals surface area contributed by atoms with E-state index in [1.165, 1.54) is 0 Å². The van der Waals surface area contributed by atoms with Crippen LogP contribution in [0.25, 0.3) is 0 Å². The van der Waals surface area contributed by atoms with Crippen LogP contribution in [0.2, 0.25) is 0 Å². The molecule has 2 atom stereocenters. The Hall–Kier alpha value is -1.10. The van der Waals surface area contributed by atoms with Crippen LogP contribution in [0, 0.1) is 0 Å². The Morgan fingerprint density at radius 3 is 2.44 bits per heavy atom. The molecule has 0 saturated carbocycles. The highest BCUT2D eigenvalue weighted by molar-refractivity contribution is 5.89. The van der Waals surface area contributed by atoms with Crippen molar-refractivity contribution in [2.75, 3.05) is 13.1 Å². The Bertz CT molecular complexity index is 262. The van der Waals surface area contributed by atoms with Gasteiger partial charge in [0.2, 0.25) is 11.8 Å². The lowest BCUT2D eigenvalue weighted by atomic mass is 10.2. The van der Waals surface area contributed by atoms with Gasteiger partial charge in [0.15, 0.2) is 0 Å². The summed E-state index contributed by atoms with van der Waals surface area (Å²) in [6.45, 7) is 5.16. The number of carbonyl (C=O) groups excluding carboxylic acids is 2. The third kappa shape index (κ3) is 3.20. The van der Waals surface area contributed by atoms with E-state index in [0.29, 0.717) is 6.42 Å². The fourth-order valence-corrected chi connectivity index (χ4v) is 1.78.